The van der Waals surface area contributed by atoms with Gasteiger partial charge in [-0.15, -0.1) is 0 Å². The second-order valence-electron chi connectivity index (χ2n) is 8.12. The van der Waals surface area contributed by atoms with Crippen molar-refractivity contribution in [2.24, 2.45) is 0 Å². The van der Waals surface area contributed by atoms with Crippen LogP contribution in [0.15, 0.2) is 95.9 Å². The minimum absolute atomic E-state index is 0.0556. The van der Waals surface area contributed by atoms with E-state index in [-0.39, 0.29) is 18.0 Å². The standard InChI is InChI=1S/C26H25N5O2S/c32-23(28-19-8-2-1-3-9-19)13-16-31-25(24(29-26(31)34)21-11-4-5-14-27-21)22-12-6-15-30(22)18-20-10-7-17-33-20/h1-12,14-15,17,24-25H,13,16,18H2,(H,28,32)(H,29,34). The van der Waals surface area contributed by atoms with E-state index in [4.69, 9.17) is 16.6 Å². The van der Waals surface area contributed by atoms with Gasteiger partial charge < -0.3 is 24.5 Å². The van der Waals surface area contributed by atoms with Crippen molar-refractivity contribution in [3.63, 3.8) is 0 Å². The first-order chi connectivity index (χ1) is 16.7. The summed E-state index contributed by atoms with van der Waals surface area (Å²) >= 11 is 5.74. The molecule has 1 fully saturated rings. The van der Waals surface area contributed by atoms with Crippen LogP contribution < -0.4 is 10.6 Å². The molecule has 34 heavy (non-hydrogen) atoms. The monoisotopic (exact) mass is 471 g/mol. The van der Waals surface area contributed by atoms with E-state index in [1.807, 2.05) is 72.9 Å². The number of nitrogens with one attached hydrogen (secondary N) is 2. The van der Waals surface area contributed by atoms with E-state index in [0.29, 0.717) is 24.6 Å². The molecule has 0 saturated carbocycles. The number of carbonyl (C=O) groups excluding carboxylic acids is 1. The van der Waals surface area contributed by atoms with Gasteiger partial charge in [-0.3, -0.25) is 9.78 Å². The molecule has 2 atom stereocenters. The SMILES string of the molecule is O=C(CCN1C(=S)NC(c2ccccn2)C1c1cccn1Cc1ccco1)Nc1ccccc1. The molecule has 5 rings (SSSR count). The lowest BCUT2D eigenvalue weighted by Crippen LogP contribution is -2.33. The minimum Gasteiger partial charge on any atom is -0.467 e. The van der Waals surface area contributed by atoms with E-state index in [2.05, 4.69) is 31.2 Å². The lowest BCUT2D eigenvalue weighted by atomic mass is 10.0. The molecule has 1 aromatic carbocycles. The number of rotatable bonds is 8. The Bertz CT molecular complexity index is 1240. The van der Waals surface area contributed by atoms with Crippen molar-refractivity contribution in [3.05, 3.63) is 109 Å². The quantitative estimate of drug-likeness (QED) is 0.368. The molecule has 4 aromatic rings. The van der Waals surface area contributed by atoms with Gasteiger partial charge in [-0.1, -0.05) is 24.3 Å². The summed E-state index contributed by atoms with van der Waals surface area (Å²) in [4.78, 5) is 19.3. The van der Waals surface area contributed by atoms with Gasteiger partial charge in [-0.05, 0) is 60.7 Å². The fourth-order valence-corrected chi connectivity index (χ4v) is 4.68. The summed E-state index contributed by atoms with van der Waals surface area (Å²) < 4.78 is 7.74. The Morgan fingerprint density at radius 2 is 1.91 bits per heavy atom. The molecule has 1 aliphatic heterocycles. The summed E-state index contributed by atoms with van der Waals surface area (Å²) in [7, 11) is 0. The van der Waals surface area contributed by atoms with Gasteiger partial charge in [0, 0.05) is 36.7 Å². The first kappa shape index (κ1) is 21.9. The second kappa shape index (κ2) is 9.93. The van der Waals surface area contributed by atoms with Gasteiger partial charge >= 0.3 is 0 Å². The van der Waals surface area contributed by atoms with E-state index in [9.17, 15) is 4.79 Å². The van der Waals surface area contributed by atoms with Crippen LogP contribution in [0.1, 0.15) is 35.7 Å². The second-order valence-corrected chi connectivity index (χ2v) is 8.51. The van der Waals surface area contributed by atoms with Crippen LogP contribution >= 0.6 is 12.2 Å². The molecule has 7 nitrogen and oxygen atoms in total. The number of hydrogen-bond donors (Lipinski definition) is 2. The summed E-state index contributed by atoms with van der Waals surface area (Å²) in [5, 5.41) is 7.01. The van der Waals surface area contributed by atoms with Gasteiger partial charge in [0.2, 0.25) is 5.91 Å². The molecule has 1 saturated heterocycles. The predicted octanol–water partition coefficient (Wildman–Crippen LogP) is 4.53. The average molecular weight is 472 g/mol. The molecule has 2 unspecified atom stereocenters. The normalized spacial score (nSPS) is 17.5. The van der Waals surface area contributed by atoms with Crippen LogP contribution in [0.4, 0.5) is 5.69 Å². The molecule has 0 bridgehead atoms. The molecule has 0 spiro atoms. The average Bonchev–Trinajstić information content (AvgIpc) is 3.60. The number of hydrogen-bond acceptors (Lipinski definition) is 4. The first-order valence-electron chi connectivity index (χ1n) is 11.2. The molecule has 1 amide bonds. The van der Waals surface area contributed by atoms with Crippen molar-refractivity contribution in [1.29, 1.82) is 0 Å². The summed E-state index contributed by atoms with van der Waals surface area (Å²) in [6.07, 6.45) is 5.81. The highest BCUT2D eigenvalue weighted by Crippen LogP contribution is 2.39. The molecule has 4 heterocycles. The molecule has 3 aromatic heterocycles. The third-order valence-corrected chi connectivity index (χ3v) is 6.26. The molecule has 8 heteroatoms. The van der Waals surface area contributed by atoms with Gasteiger partial charge in [0.15, 0.2) is 5.11 Å². The topological polar surface area (TPSA) is 75.3 Å². The molecular weight excluding hydrogens is 446 g/mol. The summed E-state index contributed by atoms with van der Waals surface area (Å²) in [6, 6.07) is 23.0. The zero-order valence-electron chi connectivity index (χ0n) is 18.5. The van der Waals surface area contributed by atoms with E-state index in [1.54, 1.807) is 12.5 Å². The van der Waals surface area contributed by atoms with Crippen LogP contribution in [0.3, 0.4) is 0 Å². The number of nitrogens with zero attached hydrogens (tertiary/aromatic N) is 3. The molecule has 1 aliphatic rings. The van der Waals surface area contributed by atoms with Gasteiger partial charge in [0.05, 0.1) is 30.6 Å². The number of aromatic nitrogens is 2. The Balaban J connectivity index is 1.40. The molecular formula is C26H25N5O2S. The van der Waals surface area contributed by atoms with Crippen LogP contribution in [0.25, 0.3) is 0 Å². The van der Waals surface area contributed by atoms with Gasteiger partial charge in [-0.2, -0.15) is 0 Å². The van der Waals surface area contributed by atoms with Crippen LogP contribution in [0.2, 0.25) is 0 Å². The van der Waals surface area contributed by atoms with Crippen LogP contribution in [-0.2, 0) is 11.3 Å². The number of benzene rings is 1. The van der Waals surface area contributed by atoms with Gasteiger partial charge in [0.1, 0.15) is 5.76 Å². The maximum Gasteiger partial charge on any atom is 0.226 e. The van der Waals surface area contributed by atoms with Gasteiger partial charge in [0.25, 0.3) is 0 Å². The third-order valence-electron chi connectivity index (χ3n) is 5.91. The minimum atomic E-state index is -0.142. The number of para-hydroxylation sites is 1. The van der Waals surface area contributed by atoms with Crippen LogP contribution in [0.5, 0.6) is 0 Å². The molecule has 2 N–H and O–H groups in total. The van der Waals surface area contributed by atoms with E-state index in [0.717, 1.165) is 22.8 Å². The summed E-state index contributed by atoms with van der Waals surface area (Å²) in [5.41, 5.74) is 2.75. The van der Waals surface area contributed by atoms with Crippen molar-refractivity contribution in [3.8, 4) is 0 Å². The Labute approximate surface area is 203 Å². The van der Waals surface area contributed by atoms with Gasteiger partial charge in [-0.25, -0.2) is 0 Å². The zero-order valence-corrected chi connectivity index (χ0v) is 19.3. The maximum atomic E-state index is 12.7. The Morgan fingerprint density at radius 1 is 1.06 bits per heavy atom. The number of thiocarbonyl (C=S) groups is 1. The molecule has 0 radical (unpaired) electrons. The maximum absolute atomic E-state index is 12.7. The number of carbonyl (C=O) groups is 1. The number of amides is 1. The van der Waals surface area contributed by atoms with Crippen LogP contribution in [0, 0.1) is 0 Å². The highest BCUT2D eigenvalue weighted by Gasteiger charge is 2.41. The smallest absolute Gasteiger partial charge is 0.226 e. The largest absolute Gasteiger partial charge is 0.467 e. The number of anilines is 1. The van der Waals surface area contributed by atoms with Crippen LogP contribution in [-0.4, -0.2) is 32.0 Å². The third kappa shape index (κ3) is 4.72. The van der Waals surface area contributed by atoms with E-state index in [1.165, 1.54) is 0 Å². The zero-order chi connectivity index (χ0) is 23.3. The lowest BCUT2D eigenvalue weighted by molar-refractivity contribution is -0.116. The highest BCUT2D eigenvalue weighted by molar-refractivity contribution is 7.80. The first-order valence-corrected chi connectivity index (χ1v) is 11.6. The van der Waals surface area contributed by atoms with E-state index >= 15 is 0 Å². The van der Waals surface area contributed by atoms with Crippen molar-refractivity contribution < 1.29 is 9.21 Å². The predicted molar refractivity (Wildman–Crippen MR) is 134 cm³/mol. The fraction of sp³-hybridized carbons (Fsp3) is 0.192. The van der Waals surface area contributed by atoms with E-state index < -0.39 is 0 Å². The molecule has 0 aliphatic carbocycles. The fourth-order valence-electron chi connectivity index (χ4n) is 4.35. The molecule has 172 valence electrons. The Kier molecular flexibility index (Phi) is 6.40. The Hall–Kier alpha value is -3.91. The van der Waals surface area contributed by atoms with Crippen molar-refractivity contribution in [1.82, 2.24) is 19.8 Å². The lowest BCUT2D eigenvalue weighted by Gasteiger charge is -2.28. The highest BCUT2D eigenvalue weighted by atomic mass is 32.1. The number of pyridine rings is 1. The number of furan rings is 1. The summed E-state index contributed by atoms with van der Waals surface area (Å²) in [5.74, 6) is 0.814. The van der Waals surface area contributed by atoms with Crippen molar-refractivity contribution in [2.45, 2.75) is 25.0 Å². The van der Waals surface area contributed by atoms with Crippen molar-refractivity contribution >= 4 is 28.9 Å². The Morgan fingerprint density at radius 3 is 2.68 bits per heavy atom. The summed E-state index contributed by atoms with van der Waals surface area (Å²) in [6.45, 7) is 1.08. The van der Waals surface area contributed by atoms with Crippen molar-refractivity contribution in [2.75, 3.05) is 11.9 Å².